The Morgan fingerprint density at radius 2 is 1.69 bits per heavy atom. The Labute approximate surface area is 207 Å². The summed E-state index contributed by atoms with van der Waals surface area (Å²) in [4.78, 5) is 27.5. The van der Waals surface area contributed by atoms with Gasteiger partial charge in [0.25, 0.3) is 0 Å². The number of fused-ring (bicyclic) bond motifs is 3. The lowest BCUT2D eigenvalue weighted by molar-refractivity contribution is -0.122. The van der Waals surface area contributed by atoms with Crippen molar-refractivity contribution in [3.05, 3.63) is 48.5 Å². The third-order valence-corrected chi connectivity index (χ3v) is 6.91. The van der Waals surface area contributed by atoms with Gasteiger partial charge in [-0.15, -0.1) is 10.2 Å². The maximum atomic E-state index is 12.6. The predicted molar refractivity (Wildman–Crippen MR) is 139 cm³/mol. The topological polar surface area (TPSA) is 96.6 Å². The van der Waals surface area contributed by atoms with Crippen molar-refractivity contribution in [1.82, 2.24) is 24.5 Å². The molecule has 0 atom stereocenters. The zero-order chi connectivity index (χ0) is 24.4. The van der Waals surface area contributed by atoms with E-state index in [1.807, 2.05) is 59.2 Å². The summed E-state index contributed by atoms with van der Waals surface area (Å²) in [6.07, 6.45) is 2.46. The molecule has 1 aliphatic rings. The van der Waals surface area contributed by atoms with Crippen molar-refractivity contribution in [2.75, 3.05) is 29.1 Å². The fourth-order valence-electron chi connectivity index (χ4n) is 4.46. The van der Waals surface area contributed by atoms with E-state index >= 15 is 0 Å². The predicted octanol–water partition coefficient (Wildman–Crippen LogP) is 3.54. The Hall–Kier alpha value is -3.53. The lowest BCUT2D eigenvalue weighted by Gasteiger charge is -2.17. The minimum Gasteiger partial charge on any atom is -0.372 e. The van der Waals surface area contributed by atoms with E-state index in [1.54, 1.807) is 0 Å². The second kappa shape index (κ2) is 9.99. The van der Waals surface area contributed by atoms with E-state index in [4.69, 9.17) is 0 Å². The fraction of sp³-hybridized carbons (Fsp3) is 0.360. The fourth-order valence-corrected chi connectivity index (χ4v) is 5.20. The molecule has 2 N–H and O–H groups in total. The molecule has 9 nitrogen and oxygen atoms in total. The van der Waals surface area contributed by atoms with Gasteiger partial charge in [0.15, 0.2) is 5.16 Å². The molecule has 0 bridgehead atoms. The number of hydrogen-bond acceptors (Lipinski definition) is 6. The minimum absolute atomic E-state index is 0.0549. The number of para-hydroxylation sites is 2. The van der Waals surface area contributed by atoms with Gasteiger partial charge in [0.2, 0.25) is 17.6 Å². The van der Waals surface area contributed by atoms with Gasteiger partial charge in [0.05, 0.1) is 16.8 Å². The molecule has 10 heteroatoms. The van der Waals surface area contributed by atoms with Crippen molar-refractivity contribution in [1.29, 1.82) is 0 Å². The molecular weight excluding hydrogens is 462 g/mol. The van der Waals surface area contributed by atoms with Crippen molar-refractivity contribution in [3.63, 3.8) is 0 Å². The number of nitrogens with zero attached hydrogens (tertiary/aromatic N) is 5. The van der Waals surface area contributed by atoms with Crippen LogP contribution in [0.5, 0.6) is 0 Å². The lowest BCUT2D eigenvalue weighted by Crippen LogP contribution is -2.33. The zero-order valence-corrected chi connectivity index (χ0v) is 20.7. The monoisotopic (exact) mass is 491 g/mol. The first-order valence-corrected chi connectivity index (χ1v) is 12.9. The number of amides is 2. The van der Waals surface area contributed by atoms with Gasteiger partial charge in [-0.1, -0.05) is 23.9 Å². The van der Waals surface area contributed by atoms with E-state index in [-0.39, 0.29) is 30.2 Å². The van der Waals surface area contributed by atoms with E-state index in [9.17, 15) is 9.59 Å². The number of rotatable bonds is 8. The van der Waals surface area contributed by atoms with Crippen LogP contribution in [0.15, 0.2) is 53.7 Å². The molecule has 0 saturated carbocycles. The summed E-state index contributed by atoms with van der Waals surface area (Å²) in [6.45, 7) is 6.19. The lowest BCUT2D eigenvalue weighted by atomic mass is 10.2. The molecule has 2 aromatic carbocycles. The van der Waals surface area contributed by atoms with Gasteiger partial charge in [-0.2, -0.15) is 0 Å². The van der Waals surface area contributed by atoms with Gasteiger partial charge in [0, 0.05) is 30.5 Å². The minimum atomic E-state index is -0.110. The summed E-state index contributed by atoms with van der Waals surface area (Å²) in [6, 6.07) is 15.9. The number of carbonyl (C=O) groups is 2. The number of carbonyl (C=O) groups excluding carboxylic acids is 2. The SMILES string of the molecule is CC(C)NC(=O)Cn1c2ccccc2n2c(SCC(=O)Nc3ccc(N4CCCC4)cc3)nnc12. The van der Waals surface area contributed by atoms with Crippen LogP contribution in [0.3, 0.4) is 0 Å². The smallest absolute Gasteiger partial charge is 0.240 e. The van der Waals surface area contributed by atoms with Crippen LogP contribution in [0.1, 0.15) is 26.7 Å². The maximum absolute atomic E-state index is 12.6. The van der Waals surface area contributed by atoms with Crippen molar-refractivity contribution in [2.45, 2.75) is 44.4 Å². The molecule has 2 amide bonds. The molecule has 3 heterocycles. The molecule has 0 radical (unpaired) electrons. The van der Waals surface area contributed by atoms with E-state index in [1.165, 1.54) is 30.3 Å². The molecule has 1 fully saturated rings. The van der Waals surface area contributed by atoms with E-state index in [0.717, 1.165) is 29.8 Å². The Morgan fingerprint density at radius 3 is 2.40 bits per heavy atom. The number of nitrogens with one attached hydrogen (secondary N) is 2. The number of hydrogen-bond donors (Lipinski definition) is 2. The van der Waals surface area contributed by atoms with Crippen molar-refractivity contribution >= 4 is 51.8 Å². The normalized spacial score (nSPS) is 13.7. The highest BCUT2D eigenvalue weighted by Crippen LogP contribution is 2.26. The number of thioether (sulfide) groups is 1. The molecule has 35 heavy (non-hydrogen) atoms. The summed E-state index contributed by atoms with van der Waals surface area (Å²) >= 11 is 1.32. The Kier molecular flexibility index (Phi) is 6.63. The summed E-state index contributed by atoms with van der Waals surface area (Å²) in [7, 11) is 0. The van der Waals surface area contributed by atoms with Crippen LogP contribution in [0.2, 0.25) is 0 Å². The molecule has 0 unspecified atom stereocenters. The third-order valence-electron chi connectivity index (χ3n) is 5.98. The molecule has 1 saturated heterocycles. The number of imidazole rings is 1. The van der Waals surface area contributed by atoms with Gasteiger partial charge in [-0.3, -0.25) is 18.6 Å². The number of anilines is 2. The van der Waals surface area contributed by atoms with Crippen LogP contribution < -0.4 is 15.5 Å². The van der Waals surface area contributed by atoms with E-state index in [2.05, 4.69) is 37.9 Å². The molecule has 4 aromatic rings. The van der Waals surface area contributed by atoms with Crippen molar-refractivity contribution < 1.29 is 9.59 Å². The van der Waals surface area contributed by atoms with Crippen LogP contribution in [0.4, 0.5) is 11.4 Å². The van der Waals surface area contributed by atoms with Crippen LogP contribution in [0, 0.1) is 0 Å². The zero-order valence-electron chi connectivity index (χ0n) is 19.9. The van der Waals surface area contributed by atoms with Crippen molar-refractivity contribution in [2.24, 2.45) is 0 Å². The van der Waals surface area contributed by atoms with Gasteiger partial charge >= 0.3 is 0 Å². The molecule has 182 valence electrons. The Balaban J connectivity index is 1.29. The Bertz CT molecular complexity index is 1350. The molecule has 1 aliphatic heterocycles. The first-order valence-electron chi connectivity index (χ1n) is 11.9. The Morgan fingerprint density at radius 1 is 0.971 bits per heavy atom. The largest absolute Gasteiger partial charge is 0.372 e. The maximum Gasteiger partial charge on any atom is 0.240 e. The molecule has 0 spiro atoms. The van der Waals surface area contributed by atoms with Gasteiger partial charge in [0.1, 0.15) is 6.54 Å². The average Bonchev–Trinajstić information content (AvgIpc) is 3.57. The van der Waals surface area contributed by atoms with Crippen LogP contribution in [-0.2, 0) is 16.1 Å². The van der Waals surface area contributed by atoms with E-state index < -0.39 is 0 Å². The highest BCUT2D eigenvalue weighted by atomic mass is 32.2. The van der Waals surface area contributed by atoms with Crippen LogP contribution >= 0.6 is 11.8 Å². The van der Waals surface area contributed by atoms with Gasteiger partial charge in [-0.25, -0.2) is 0 Å². The summed E-state index contributed by atoms with van der Waals surface area (Å²) in [5.74, 6) is 0.573. The standard InChI is InChI=1S/C25H29N7O2S/c1-17(2)26-22(33)15-31-20-7-3-4-8-21(20)32-24(31)28-29-25(32)35-16-23(34)27-18-9-11-19(12-10-18)30-13-5-6-14-30/h3-4,7-12,17H,5-6,13-16H2,1-2H3,(H,26,33)(H,27,34). The molecular formula is C25H29N7O2S. The average molecular weight is 492 g/mol. The van der Waals surface area contributed by atoms with Crippen LogP contribution in [0.25, 0.3) is 16.8 Å². The van der Waals surface area contributed by atoms with Crippen molar-refractivity contribution in [3.8, 4) is 0 Å². The van der Waals surface area contributed by atoms with E-state index in [0.29, 0.717) is 10.9 Å². The number of benzene rings is 2. The number of aromatic nitrogens is 4. The molecule has 2 aromatic heterocycles. The quantitative estimate of drug-likeness (QED) is 0.366. The first-order chi connectivity index (χ1) is 17.0. The second-order valence-electron chi connectivity index (χ2n) is 8.99. The van der Waals surface area contributed by atoms with Gasteiger partial charge < -0.3 is 15.5 Å². The van der Waals surface area contributed by atoms with Gasteiger partial charge in [-0.05, 0) is 63.1 Å². The summed E-state index contributed by atoms with van der Waals surface area (Å²) in [5, 5.41) is 15.1. The second-order valence-corrected chi connectivity index (χ2v) is 9.94. The first kappa shape index (κ1) is 23.2. The highest BCUT2D eigenvalue weighted by molar-refractivity contribution is 7.99. The van der Waals surface area contributed by atoms with Crippen LogP contribution in [-0.4, -0.2) is 55.9 Å². The molecule has 0 aliphatic carbocycles. The molecule has 5 rings (SSSR count). The summed E-state index contributed by atoms with van der Waals surface area (Å²) in [5.41, 5.74) is 3.75. The third kappa shape index (κ3) is 4.97. The summed E-state index contributed by atoms with van der Waals surface area (Å²) < 4.78 is 3.76. The highest BCUT2D eigenvalue weighted by Gasteiger charge is 2.20.